The van der Waals surface area contributed by atoms with Gasteiger partial charge in [0.1, 0.15) is 16.5 Å². The fourth-order valence-electron chi connectivity index (χ4n) is 2.28. The van der Waals surface area contributed by atoms with Gasteiger partial charge in [-0.05, 0) is 38.3 Å². The third-order valence-electron chi connectivity index (χ3n) is 3.82. The lowest BCUT2D eigenvalue weighted by Crippen LogP contribution is -2.33. The molecule has 1 aromatic carbocycles. The number of carboxylic acids is 1. The standard InChI is InChI=1S/C17H23NO5S/c1-17(16(21)22)11-24-15(18-17)13-7-6-12(10-14(13)20)23-9-5-3-2-4-8-19/h6-7,10,19-20H,2-5,8-9,11H2,1H3,(H,21,22). The van der Waals surface area contributed by atoms with Crippen molar-refractivity contribution in [2.45, 2.75) is 38.1 Å². The van der Waals surface area contributed by atoms with E-state index in [9.17, 15) is 15.0 Å². The molecular weight excluding hydrogens is 330 g/mol. The highest BCUT2D eigenvalue weighted by Crippen LogP contribution is 2.35. The van der Waals surface area contributed by atoms with Crippen LogP contribution in [0.15, 0.2) is 23.2 Å². The van der Waals surface area contributed by atoms with Crippen LogP contribution in [-0.2, 0) is 4.79 Å². The molecule has 0 aromatic heterocycles. The molecule has 132 valence electrons. The molecule has 1 aliphatic rings. The number of rotatable bonds is 9. The van der Waals surface area contributed by atoms with Crippen LogP contribution in [0.4, 0.5) is 0 Å². The second kappa shape index (κ2) is 8.39. The summed E-state index contributed by atoms with van der Waals surface area (Å²) >= 11 is 1.33. The maximum atomic E-state index is 11.2. The number of phenols is 1. The Balaban J connectivity index is 1.94. The van der Waals surface area contributed by atoms with E-state index in [1.807, 2.05) is 0 Å². The third-order valence-corrected chi connectivity index (χ3v) is 5.11. The van der Waals surface area contributed by atoms with Crippen molar-refractivity contribution in [3.63, 3.8) is 0 Å². The van der Waals surface area contributed by atoms with E-state index in [0.717, 1.165) is 25.7 Å². The molecule has 1 aromatic rings. The SMILES string of the molecule is CC1(C(=O)O)CSC(c2ccc(OCCCCCCO)cc2O)=N1. The maximum absolute atomic E-state index is 11.2. The monoisotopic (exact) mass is 353 g/mol. The predicted molar refractivity (Wildman–Crippen MR) is 94.2 cm³/mol. The summed E-state index contributed by atoms with van der Waals surface area (Å²) in [4.78, 5) is 15.5. The Morgan fingerprint density at radius 2 is 2.08 bits per heavy atom. The molecule has 1 unspecified atom stereocenters. The van der Waals surface area contributed by atoms with E-state index in [1.165, 1.54) is 17.8 Å². The van der Waals surface area contributed by atoms with Crippen molar-refractivity contribution < 1.29 is 24.9 Å². The summed E-state index contributed by atoms with van der Waals surface area (Å²) in [6.45, 7) is 2.34. The topological polar surface area (TPSA) is 99.4 Å². The zero-order chi connectivity index (χ0) is 17.6. The molecule has 0 radical (unpaired) electrons. The average molecular weight is 353 g/mol. The number of aliphatic carboxylic acids is 1. The van der Waals surface area contributed by atoms with Gasteiger partial charge in [0.2, 0.25) is 0 Å². The first-order chi connectivity index (χ1) is 11.5. The number of thioether (sulfide) groups is 1. The van der Waals surface area contributed by atoms with Crippen molar-refractivity contribution >= 4 is 22.8 Å². The summed E-state index contributed by atoms with van der Waals surface area (Å²) in [5.41, 5.74) is -0.615. The van der Waals surface area contributed by atoms with Crippen molar-refractivity contribution in [2.24, 2.45) is 4.99 Å². The van der Waals surface area contributed by atoms with E-state index in [4.69, 9.17) is 9.84 Å². The molecule has 1 atom stereocenters. The van der Waals surface area contributed by atoms with Crippen LogP contribution in [0.25, 0.3) is 0 Å². The van der Waals surface area contributed by atoms with E-state index >= 15 is 0 Å². The number of aliphatic imine (C=N–C) groups is 1. The van der Waals surface area contributed by atoms with Gasteiger partial charge in [-0.25, -0.2) is 4.79 Å². The van der Waals surface area contributed by atoms with E-state index in [1.54, 1.807) is 19.1 Å². The van der Waals surface area contributed by atoms with Crippen molar-refractivity contribution in [3.05, 3.63) is 23.8 Å². The number of hydrogen-bond acceptors (Lipinski definition) is 6. The zero-order valence-corrected chi connectivity index (χ0v) is 14.5. The van der Waals surface area contributed by atoms with Gasteiger partial charge in [0, 0.05) is 24.0 Å². The molecule has 0 aliphatic carbocycles. The van der Waals surface area contributed by atoms with Gasteiger partial charge in [0.15, 0.2) is 5.54 Å². The van der Waals surface area contributed by atoms with Crippen LogP contribution in [0.3, 0.4) is 0 Å². The van der Waals surface area contributed by atoms with Crippen LogP contribution in [0.2, 0.25) is 0 Å². The lowest BCUT2D eigenvalue weighted by molar-refractivity contribution is -0.141. The molecule has 0 spiro atoms. The maximum Gasteiger partial charge on any atom is 0.332 e. The number of phenolic OH excluding ortho intramolecular Hbond substituents is 1. The van der Waals surface area contributed by atoms with Gasteiger partial charge in [-0.3, -0.25) is 4.99 Å². The van der Waals surface area contributed by atoms with E-state index < -0.39 is 11.5 Å². The van der Waals surface area contributed by atoms with Crippen LogP contribution in [0.5, 0.6) is 11.5 Å². The third kappa shape index (κ3) is 4.64. The number of carbonyl (C=O) groups is 1. The highest BCUT2D eigenvalue weighted by atomic mass is 32.2. The molecule has 0 bridgehead atoms. The minimum Gasteiger partial charge on any atom is -0.507 e. The van der Waals surface area contributed by atoms with Crippen LogP contribution >= 0.6 is 11.8 Å². The molecule has 1 aliphatic heterocycles. The summed E-state index contributed by atoms with van der Waals surface area (Å²) in [7, 11) is 0. The van der Waals surface area contributed by atoms with Crippen molar-refractivity contribution in [1.29, 1.82) is 0 Å². The summed E-state index contributed by atoms with van der Waals surface area (Å²) in [5, 5.41) is 28.6. The second-order valence-electron chi connectivity index (χ2n) is 5.95. The lowest BCUT2D eigenvalue weighted by Gasteiger charge is -2.11. The number of aliphatic hydroxyl groups excluding tert-OH is 1. The molecule has 7 heteroatoms. The fraction of sp³-hybridized carbons (Fsp3) is 0.529. The molecule has 1 heterocycles. The molecule has 3 N–H and O–H groups in total. The minimum atomic E-state index is -1.14. The van der Waals surface area contributed by atoms with E-state index in [2.05, 4.69) is 4.99 Å². The molecule has 6 nitrogen and oxygen atoms in total. The minimum absolute atomic E-state index is 0.0358. The van der Waals surface area contributed by atoms with Crippen LogP contribution in [-0.4, -0.2) is 50.8 Å². The number of hydrogen-bond donors (Lipinski definition) is 3. The predicted octanol–water partition coefficient (Wildman–Crippen LogP) is 2.66. The molecule has 0 saturated heterocycles. The Bertz CT molecular complexity index is 619. The summed E-state index contributed by atoms with van der Waals surface area (Å²) in [6, 6.07) is 4.99. The van der Waals surface area contributed by atoms with Gasteiger partial charge < -0.3 is 20.1 Å². The first-order valence-corrected chi connectivity index (χ1v) is 8.98. The quantitative estimate of drug-likeness (QED) is 0.590. The van der Waals surface area contributed by atoms with Gasteiger partial charge in [-0.2, -0.15) is 0 Å². The van der Waals surface area contributed by atoms with Crippen molar-refractivity contribution in [3.8, 4) is 11.5 Å². The van der Waals surface area contributed by atoms with Crippen molar-refractivity contribution in [1.82, 2.24) is 0 Å². The van der Waals surface area contributed by atoms with Gasteiger partial charge >= 0.3 is 5.97 Å². The van der Waals surface area contributed by atoms with Crippen LogP contribution in [0.1, 0.15) is 38.2 Å². The number of aromatic hydroxyl groups is 1. The molecule has 0 saturated carbocycles. The Morgan fingerprint density at radius 1 is 1.33 bits per heavy atom. The lowest BCUT2D eigenvalue weighted by atomic mass is 10.1. The van der Waals surface area contributed by atoms with E-state index in [-0.39, 0.29) is 12.4 Å². The Labute approximate surface area is 145 Å². The normalized spacial score (nSPS) is 20.0. The van der Waals surface area contributed by atoms with Gasteiger partial charge in [0.25, 0.3) is 0 Å². The molecular formula is C17H23NO5S. The second-order valence-corrected chi connectivity index (χ2v) is 6.91. The first-order valence-electron chi connectivity index (χ1n) is 7.99. The Morgan fingerprint density at radius 3 is 2.71 bits per heavy atom. The highest BCUT2D eigenvalue weighted by molar-refractivity contribution is 8.14. The number of benzene rings is 1. The molecule has 0 fully saturated rings. The molecule has 0 amide bonds. The number of nitrogens with zero attached hydrogens (tertiary/aromatic N) is 1. The van der Waals surface area contributed by atoms with Crippen molar-refractivity contribution in [2.75, 3.05) is 19.0 Å². The van der Waals surface area contributed by atoms with E-state index in [0.29, 0.717) is 28.7 Å². The number of carboxylic acid groups (broad SMARTS) is 1. The summed E-state index contributed by atoms with van der Waals surface area (Å²) in [6.07, 6.45) is 3.67. The molecule has 2 rings (SSSR count). The van der Waals surface area contributed by atoms with Gasteiger partial charge in [-0.1, -0.05) is 6.42 Å². The fourth-order valence-corrected chi connectivity index (χ4v) is 3.48. The van der Waals surface area contributed by atoms with Crippen LogP contribution in [0, 0.1) is 0 Å². The Kier molecular flexibility index (Phi) is 6.51. The zero-order valence-electron chi connectivity index (χ0n) is 13.7. The first kappa shape index (κ1) is 18.6. The number of aliphatic hydroxyl groups is 1. The summed E-state index contributed by atoms with van der Waals surface area (Å²) < 4.78 is 5.60. The highest BCUT2D eigenvalue weighted by Gasteiger charge is 2.38. The average Bonchev–Trinajstić information content (AvgIpc) is 2.94. The largest absolute Gasteiger partial charge is 0.507 e. The van der Waals surface area contributed by atoms with Crippen LogP contribution < -0.4 is 4.74 Å². The smallest absolute Gasteiger partial charge is 0.332 e. The number of unbranched alkanes of at least 4 members (excludes halogenated alkanes) is 3. The Hall–Kier alpha value is -1.73. The molecule has 24 heavy (non-hydrogen) atoms. The van der Waals surface area contributed by atoms with Gasteiger partial charge in [0.05, 0.1) is 6.61 Å². The summed E-state index contributed by atoms with van der Waals surface area (Å²) in [5.74, 6) is -0.00858. The number of ether oxygens (including phenoxy) is 1. The van der Waals surface area contributed by atoms with Gasteiger partial charge in [-0.15, -0.1) is 11.8 Å².